The predicted octanol–water partition coefficient (Wildman–Crippen LogP) is 1.32. The van der Waals surface area contributed by atoms with Crippen molar-refractivity contribution in [2.75, 3.05) is 13.1 Å². The second kappa shape index (κ2) is 8.57. The molecule has 1 aliphatic heterocycles. The number of hydrogen-bond donors (Lipinski definition) is 2. The van der Waals surface area contributed by atoms with Crippen LogP contribution in [0.25, 0.3) is 0 Å². The van der Waals surface area contributed by atoms with Gasteiger partial charge in [-0.3, -0.25) is 4.57 Å². The molecule has 2 atom stereocenters. The number of aliphatic hydroxyl groups excluding tert-OH is 1. The third kappa shape index (κ3) is 4.57. The van der Waals surface area contributed by atoms with Crippen LogP contribution in [0.4, 0.5) is 4.39 Å². The Morgan fingerprint density at radius 1 is 1.42 bits per heavy atom. The van der Waals surface area contributed by atoms with E-state index in [0.29, 0.717) is 36.1 Å². The van der Waals surface area contributed by atoms with Crippen molar-refractivity contribution in [3.05, 3.63) is 53.3 Å². The Hall–Kier alpha value is -2.03. The fourth-order valence-electron chi connectivity index (χ4n) is 3.17. The molecule has 1 unspecified atom stereocenters. The van der Waals surface area contributed by atoms with Crippen molar-refractivity contribution in [2.45, 2.75) is 38.8 Å². The molecule has 2 heterocycles. The van der Waals surface area contributed by atoms with Crippen LogP contribution in [-0.4, -0.2) is 38.6 Å². The first-order valence-corrected chi connectivity index (χ1v) is 9.15. The number of hydrogen-bond acceptors (Lipinski definition) is 4. The van der Waals surface area contributed by atoms with Crippen LogP contribution >= 0.6 is 12.2 Å². The molecule has 8 heteroatoms. The average Bonchev–Trinajstić information content (AvgIpc) is 2.91. The molecule has 0 saturated carbocycles. The largest absolute Gasteiger partial charge is 0.486 e. The van der Waals surface area contributed by atoms with Gasteiger partial charge in [-0.2, -0.15) is 4.68 Å². The number of benzene rings is 1. The normalized spacial score (nSPS) is 20.1. The number of nitrogens with one attached hydrogen (secondary N) is 1. The predicted molar refractivity (Wildman–Crippen MR) is 97.9 cm³/mol. The Bertz CT molecular complexity index is 803. The van der Waals surface area contributed by atoms with Gasteiger partial charge in [-0.05, 0) is 49.3 Å². The summed E-state index contributed by atoms with van der Waals surface area (Å²) in [5.74, 6) is 0.959. The van der Waals surface area contributed by atoms with Crippen LogP contribution in [0.15, 0.2) is 36.9 Å². The summed E-state index contributed by atoms with van der Waals surface area (Å²) < 4.78 is 23.0. The van der Waals surface area contributed by atoms with E-state index in [-0.39, 0.29) is 18.5 Å². The molecule has 1 fully saturated rings. The minimum absolute atomic E-state index is 0.230. The van der Waals surface area contributed by atoms with Crippen LogP contribution in [0.1, 0.15) is 18.7 Å². The molecule has 140 valence electrons. The van der Waals surface area contributed by atoms with Crippen LogP contribution in [0.5, 0.6) is 5.75 Å². The second-order valence-electron chi connectivity index (χ2n) is 6.50. The Morgan fingerprint density at radius 3 is 2.88 bits per heavy atom. The molecule has 26 heavy (non-hydrogen) atoms. The molecule has 0 radical (unpaired) electrons. The van der Waals surface area contributed by atoms with Gasteiger partial charge in [0.15, 0.2) is 12.5 Å². The Kier molecular flexibility index (Phi) is 6.18. The highest BCUT2D eigenvalue weighted by molar-refractivity contribution is 7.71. The van der Waals surface area contributed by atoms with Gasteiger partial charge in [-0.1, -0.05) is 6.08 Å². The summed E-state index contributed by atoms with van der Waals surface area (Å²) in [6.07, 6.45) is 3.36. The molecule has 3 rings (SSSR count). The molecule has 0 aliphatic carbocycles. The molecule has 1 aromatic carbocycles. The monoisotopic (exact) mass is 379 g/mol. The van der Waals surface area contributed by atoms with E-state index in [1.54, 1.807) is 22.9 Å². The molecular weight excluding hydrogens is 355 g/mol. The van der Waals surface area contributed by atoms with E-state index in [0.717, 1.165) is 19.4 Å². The standard InChI is InChI=1S/C18H23FN4O2S/c1-2-9-22-17(12-25-16-7-5-14(19)6-8-16)20-23(18(22)26)13-21-10-3-4-15(24)11-21/h2,5-8,15,24H,1,3-4,9-13H2/p+1/t15-/m1/s1. The van der Waals surface area contributed by atoms with Crippen molar-refractivity contribution >= 4 is 12.2 Å². The lowest BCUT2D eigenvalue weighted by Crippen LogP contribution is -3.13. The summed E-state index contributed by atoms with van der Waals surface area (Å²) in [4.78, 5) is 1.26. The van der Waals surface area contributed by atoms with Gasteiger partial charge in [-0.25, -0.2) is 4.39 Å². The zero-order chi connectivity index (χ0) is 18.5. The third-order valence-electron chi connectivity index (χ3n) is 4.46. The average molecular weight is 379 g/mol. The molecular formula is C18H24FN4O2S+. The Balaban J connectivity index is 1.74. The lowest BCUT2D eigenvalue weighted by Gasteiger charge is -2.26. The highest BCUT2D eigenvalue weighted by Crippen LogP contribution is 2.13. The maximum atomic E-state index is 13.0. The number of piperidine rings is 1. The highest BCUT2D eigenvalue weighted by atomic mass is 32.1. The van der Waals surface area contributed by atoms with E-state index in [9.17, 15) is 9.50 Å². The minimum Gasteiger partial charge on any atom is -0.486 e. The third-order valence-corrected chi connectivity index (χ3v) is 4.89. The first kappa shape index (κ1) is 18.8. The van der Waals surface area contributed by atoms with Crippen molar-refractivity contribution in [3.63, 3.8) is 0 Å². The van der Waals surface area contributed by atoms with Gasteiger partial charge < -0.3 is 14.7 Å². The first-order chi connectivity index (χ1) is 12.6. The summed E-state index contributed by atoms with van der Waals surface area (Å²) in [5.41, 5.74) is 0. The van der Waals surface area contributed by atoms with Crippen LogP contribution < -0.4 is 9.64 Å². The molecule has 0 bridgehead atoms. The van der Waals surface area contributed by atoms with Gasteiger partial charge in [0.05, 0.1) is 6.54 Å². The number of rotatable bonds is 7. The van der Waals surface area contributed by atoms with Crippen molar-refractivity contribution < 1.29 is 19.1 Å². The summed E-state index contributed by atoms with van der Waals surface area (Å²) in [7, 11) is 0. The molecule has 1 saturated heterocycles. The van der Waals surface area contributed by atoms with Gasteiger partial charge >= 0.3 is 0 Å². The van der Waals surface area contributed by atoms with E-state index < -0.39 is 0 Å². The van der Waals surface area contributed by atoms with Gasteiger partial charge in [0.2, 0.25) is 4.77 Å². The quantitative estimate of drug-likeness (QED) is 0.563. The summed E-state index contributed by atoms with van der Waals surface area (Å²) in [5, 5.41) is 14.5. The zero-order valence-electron chi connectivity index (χ0n) is 14.6. The van der Waals surface area contributed by atoms with Crippen LogP contribution in [0, 0.1) is 10.6 Å². The number of aliphatic hydroxyl groups is 1. The molecule has 1 aromatic heterocycles. The molecule has 2 N–H and O–H groups in total. The molecule has 2 aromatic rings. The number of ether oxygens (including phenoxy) is 1. The maximum Gasteiger partial charge on any atom is 0.203 e. The van der Waals surface area contributed by atoms with Crippen molar-refractivity contribution in [1.82, 2.24) is 14.3 Å². The fourth-order valence-corrected chi connectivity index (χ4v) is 3.45. The fraction of sp³-hybridized carbons (Fsp3) is 0.444. The van der Waals surface area contributed by atoms with Crippen molar-refractivity contribution in [3.8, 4) is 5.75 Å². The van der Waals surface area contributed by atoms with Gasteiger partial charge in [0, 0.05) is 6.54 Å². The van der Waals surface area contributed by atoms with E-state index >= 15 is 0 Å². The number of quaternary nitrogens is 1. The summed E-state index contributed by atoms with van der Waals surface area (Å²) in [6.45, 7) is 6.86. The first-order valence-electron chi connectivity index (χ1n) is 8.74. The van der Waals surface area contributed by atoms with E-state index in [1.165, 1.54) is 17.0 Å². The van der Waals surface area contributed by atoms with Crippen molar-refractivity contribution in [2.24, 2.45) is 0 Å². The second-order valence-corrected chi connectivity index (χ2v) is 6.86. The lowest BCUT2D eigenvalue weighted by atomic mass is 10.1. The van der Waals surface area contributed by atoms with E-state index in [2.05, 4.69) is 11.7 Å². The molecule has 0 spiro atoms. The molecule has 1 aliphatic rings. The number of halogens is 1. The Morgan fingerprint density at radius 2 is 2.19 bits per heavy atom. The number of allylic oxidation sites excluding steroid dienone is 1. The summed E-state index contributed by atoms with van der Waals surface area (Å²) in [6, 6.07) is 5.88. The van der Waals surface area contributed by atoms with E-state index in [1.807, 2.05) is 4.57 Å². The number of likely N-dealkylation sites (tertiary alicyclic amines) is 1. The number of nitrogens with zero attached hydrogens (tertiary/aromatic N) is 3. The zero-order valence-corrected chi connectivity index (χ0v) is 15.4. The van der Waals surface area contributed by atoms with Gasteiger partial charge in [0.1, 0.15) is 30.8 Å². The molecule has 6 nitrogen and oxygen atoms in total. The topological polar surface area (TPSA) is 56.7 Å². The summed E-state index contributed by atoms with van der Waals surface area (Å²) >= 11 is 5.56. The van der Waals surface area contributed by atoms with E-state index in [4.69, 9.17) is 17.0 Å². The number of aromatic nitrogens is 3. The van der Waals surface area contributed by atoms with Gasteiger partial charge in [-0.15, -0.1) is 11.7 Å². The smallest absolute Gasteiger partial charge is 0.203 e. The highest BCUT2D eigenvalue weighted by Gasteiger charge is 2.22. The van der Waals surface area contributed by atoms with Crippen LogP contribution in [0.2, 0.25) is 0 Å². The lowest BCUT2D eigenvalue weighted by molar-refractivity contribution is -0.931. The van der Waals surface area contributed by atoms with Crippen LogP contribution in [0.3, 0.4) is 0 Å². The van der Waals surface area contributed by atoms with Gasteiger partial charge in [0.25, 0.3) is 0 Å². The maximum absolute atomic E-state index is 13.0. The van der Waals surface area contributed by atoms with Crippen LogP contribution in [-0.2, 0) is 19.8 Å². The molecule has 0 amide bonds. The minimum atomic E-state index is -0.303. The SMILES string of the molecule is C=CCn1c(COc2ccc(F)cc2)nn(C[NH+]2CCC[C@@H](O)C2)c1=S. The van der Waals surface area contributed by atoms with Crippen molar-refractivity contribution in [1.29, 1.82) is 0 Å². The Labute approximate surface area is 157 Å².